The molecule has 0 nitrogen and oxygen atoms in total. The second kappa shape index (κ2) is 5.80. The van der Waals surface area contributed by atoms with E-state index >= 15 is 0 Å². The third-order valence-electron chi connectivity index (χ3n) is 3.12. The minimum Gasteiger partial charge on any atom is -0.118 e. The van der Waals surface area contributed by atoms with Gasteiger partial charge in [-0.3, -0.25) is 0 Å². The van der Waals surface area contributed by atoms with Gasteiger partial charge in [0.05, 0.1) is 5.38 Å². The fraction of sp³-hybridized carbons (Fsp3) is 0.846. The number of allylic oxidation sites excluding steroid dienone is 1. The van der Waals surface area contributed by atoms with Crippen molar-refractivity contribution in [2.75, 3.05) is 0 Å². The molecule has 0 aliphatic heterocycles. The predicted molar refractivity (Wildman–Crippen MR) is 66.9 cm³/mol. The van der Waals surface area contributed by atoms with Crippen molar-refractivity contribution in [2.45, 2.75) is 52.8 Å². The van der Waals surface area contributed by atoms with Crippen LogP contribution in [0.25, 0.3) is 0 Å². The average Bonchev–Trinajstić information content (AvgIpc) is 2.02. The van der Waals surface area contributed by atoms with Crippen molar-refractivity contribution >= 4 is 11.6 Å². The van der Waals surface area contributed by atoms with Crippen LogP contribution in [0.3, 0.4) is 0 Å². The molecule has 0 bridgehead atoms. The predicted octanol–water partition coefficient (Wildman–Crippen LogP) is 4.88. The highest BCUT2D eigenvalue weighted by Gasteiger charge is 2.22. The summed E-state index contributed by atoms with van der Waals surface area (Å²) in [6.45, 7) is 15.2. The molecule has 0 amide bonds. The summed E-state index contributed by atoms with van der Waals surface area (Å²) < 4.78 is 0. The Kier molecular flexibility index (Phi) is 5.81. The van der Waals surface area contributed by atoms with E-state index in [0.29, 0.717) is 11.3 Å². The van der Waals surface area contributed by atoms with E-state index in [9.17, 15) is 0 Å². The quantitative estimate of drug-likeness (QED) is 0.454. The maximum absolute atomic E-state index is 6.04. The Hall–Kier alpha value is 0.0300. The van der Waals surface area contributed by atoms with Gasteiger partial charge in [-0.2, -0.15) is 0 Å². The highest BCUT2D eigenvalue weighted by atomic mass is 35.5. The molecule has 0 aliphatic rings. The molecule has 0 aromatic rings. The van der Waals surface area contributed by atoms with Crippen LogP contribution in [0.1, 0.15) is 47.5 Å². The zero-order valence-corrected chi connectivity index (χ0v) is 11.1. The summed E-state index contributed by atoms with van der Waals surface area (Å²) in [6, 6.07) is 0. The van der Waals surface area contributed by atoms with Crippen molar-refractivity contribution in [1.29, 1.82) is 0 Å². The summed E-state index contributed by atoms with van der Waals surface area (Å²) >= 11 is 6.04. The molecule has 14 heavy (non-hydrogen) atoms. The van der Waals surface area contributed by atoms with E-state index in [1.807, 2.05) is 6.08 Å². The van der Waals surface area contributed by atoms with Gasteiger partial charge in [-0.1, -0.05) is 40.7 Å². The van der Waals surface area contributed by atoms with Crippen molar-refractivity contribution in [3.8, 4) is 0 Å². The topological polar surface area (TPSA) is 0 Å². The van der Waals surface area contributed by atoms with Gasteiger partial charge in [0.2, 0.25) is 0 Å². The van der Waals surface area contributed by atoms with Crippen LogP contribution in [-0.4, -0.2) is 5.38 Å². The van der Waals surface area contributed by atoms with Crippen molar-refractivity contribution in [1.82, 2.24) is 0 Å². The molecule has 1 heteroatoms. The highest BCUT2D eigenvalue weighted by molar-refractivity contribution is 6.21. The summed E-state index contributed by atoms with van der Waals surface area (Å²) in [6.07, 6.45) is 4.13. The van der Waals surface area contributed by atoms with E-state index in [1.165, 1.54) is 6.42 Å². The largest absolute Gasteiger partial charge is 0.118 e. The fourth-order valence-electron chi connectivity index (χ4n) is 1.53. The summed E-state index contributed by atoms with van der Waals surface area (Å²) in [7, 11) is 0. The van der Waals surface area contributed by atoms with Gasteiger partial charge in [-0.25, -0.2) is 0 Å². The molecule has 0 spiro atoms. The third kappa shape index (κ3) is 5.70. The van der Waals surface area contributed by atoms with E-state index in [0.717, 1.165) is 12.3 Å². The summed E-state index contributed by atoms with van der Waals surface area (Å²) in [4.78, 5) is 0. The Morgan fingerprint density at radius 1 is 1.21 bits per heavy atom. The van der Waals surface area contributed by atoms with Crippen LogP contribution in [0.5, 0.6) is 0 Å². The first-order valence-electron chi connectivity index (χ1n) is 5.54. The van der Waals surface area contributed by atoms with Gasteiger partial charge >= 0.3 is 0 Å². The first-order valence-corrected chi connectivity index (χ1v) is 5.97. The van der Waals surface area contributed by atoms with Gasteiger partial charge in [-0.15, -0.1) is 18.2 Å². The SMILES string of the molecule is C=CC(Cl)C[C@H](C)C[C@@H](C)C(C)(C)C. The van der Waals surface area contributed by atoms with Crippen molar-refractivity contribution < 1.29 is 0 Å². The Balaban J connectivity index is 3.94. The fourth-order valence-corrected chi connectivity index (χ4v) is 1.84. The normalized spacial score (nSPS) is 18.7. The third-order valence-corrected chi connectivity index (χ3v) is 3.47. The lowest BCUT2D eigenvalue weighted by atomic mass is 9.76. The highest BCUT2D eigenvalue weighted by Crippen LogP contribution is 2.32. The van der Waals surface area contributed by atoms with E-state index < -0.39 is 0 Å². The lowest BCUT2D eigenvalue weighted by Crippen LogP contribution is -2.20. The molecule has 0 saturated heterocycles. The molecule has 0 N–H and O–H groups in total. The van der Waals surface area contributed by atoms with Crippen LogP contribution < -0.4 is 0 Å². The molecule has 0 fully saturated rings. The molecule has 0 saturated carbocycles. The van der Waals surface area contributed by atoms with Crippen LogP contribution in [-0.2, 0) is 0 Å². The molecule has 0 rings (SSSR count). The number of hydrogen-bond acceptors (Lipinski definition) is 0. The average molecular weight is 217 g/mol. The molecule has 0 aromatic heterocycles. The first kappa shape index (κ1) is 14.0. The first-order chi connectivity index (χ1) is 6.27. The lowest BCUT2D eigenvalue weighted by molar-refractivity contribution is 0.216. The standard InChI is InChI=1S/C13H25Cl/c1-7-12(14)9-10(2)8-11(3)13(4,5)6/h7,10-12H,1,8-9H2,2-6H3/t10-,11-,12?/m1/s1. The minimum absolute atomic E-state index is 0.136. The van der Waals surface area contributed by atoms with Crippen LogP contribution in [0, 0.1) is 17.3 Å². The number of halogens is 1. The van der Waals surface area contributed by atoms with Gasteiger partial charge in [0.25, 0.3) is 0 Å². The Morgan fingerprint density at radius 3 is 2.07 bits per heavy atom. The van der Waals surface area contributed by atoms with Crippen LogP contribution in [0.15, 0.2) is 12.7 Å². The molecule has 84 valence electrons. The van der Waals surface area contributed by atoms with Crippen molar-refractivity contribution in [3.63, 3.8) is 0 Å². The Bertz CT molecular complexity index is 167. The molecule has 3 atom stereocenters. The molecular formula is C13H25Cl. The van der Waals surface area contributed by atoms with Crippen LogP contribution in [0.2, 0.25) is 0 Å². The maximum atomic E-state index is 6.04. The molecule has 0 aromatic carbocycles. The van der Waals surface area contributed by atoms with Crippen LogP contribution >= 0.6 is 11.6 Å². The number of alkyl halides is 1. The second-order valence-corrected chi connectivity index (χ2v) is 6.16. The molecule has 0 radical (unpaired) electrons. The van der Waals surface area contributed by atoms with Gasteiger partial charge in [0, 0.05) is 0 Å². The van der Waals surface area contributed by atoms with Gasteiger partial charge < -0.3 is 0 Å². The van der Waals surface area contributed by atoms with E-state index in [-0.39, 0.29) is 5.38 Å². The minimum atomic E-state index is 0.136. The lowest BCUT2D eigenvalue weighted by Gasteiger charge is -2.30. The number of hydrogen-bond donors (Lipinski definition) is 0. The molecule has 1 unspecified atom stereocenters. The van der Waals surface area contributed by atoms with Gasteiger partial charge in [0.1, 0.15) is 0 Å². The second-order valence-electron chi connectivity index (χ2n) is 5.60. The molecule has 0 heterocycles. The molecular weight excluding hydrogens is 192 g/mol. The summed E-state index contributed by atoms with van der Waals surface area (Å²) in [5.74, 6) is 1.43. The summed E-state index contributed by atoms with van der Waals surface area (Å²) in [5.41, 5.74) is 0.407. The monoisotopic (exact) mass is 216 g/mol. The van der Waals surface area contributed by atoms with E-state index in [1.54, 1.807) is 0 Å². The summed E-state index contributed by atoms with van der Waals surface area (Å²) in [5, 5.41) is 0.136. The number of rotatable bonds is 5. The Morgan fingerprint density at radius 2 is 1.71 bits per heavy atom. The smallest absolute Gasteiger partial charge is 0.0515 e. The molecule has 0 aliphatic carbocycles. The van der Waals surface area contributed by atoms with E-state index in [4.69, 9.17) is 11.6 Å². The van der Waals surface area contributed by atoms with Crippen LogP contribution in [0.4, 0.5) is 0 Å². The van der Waals surface area contributed by atoms with Crippen molar-refractivity contribution in [2.24, 2.45) is 17.3 Å². The van der Waals surface area contributed by atoms with Gasteiger partial charge in [0.15, 0.2) is 0 Å². The maximum Gasteiger partial charge on any atom is 0.0515 e. The van der Waals surface area contributed by atoms with Gasteiger partial charge in [-0.05, 0) is 30.1 Å². The zero-order valence-electron chi connectivity index (χ0n) is 10.3. The zero-order chi connectivity index (χ0) is 11.4. The Labute approximate surface area is 94.7 Å². The van der Waals surface area contributed by atoms with Crippen molar-refractivity contribution in [3.05, 3.63) is 12.7 Å². The van der Waals surface area contributed by atoms with E-state index in [2.05, 4.69) is 41.2 Å².